The molecule has 0 unspecified atom stereocenters. The van der Waals surface area contributed by atoms with Crippen LogP contribution in [0, 0.1) is 13.8 Å². The number of aryl methyl sites for hydroxylation is 2. The Kier molecular flexibility index (Phi) is 6.02. The number of hydrogen-bond acceptors (Lipinski definition) is 5. The molecule has 1 heterocycles. The third-order valence-corrected chi connectivity index (χ3v) is 5.91. The third-order valence-electron chi connectivity index (χ3n) is 4.77. The molecule has 7 nitrogen and oxygen atoms in total. The van der Waals surface area contributed by atoms with E-state index in [1.165, 1.54) is 0 Å². The predicted molar refractivity (Wildman–Crippen MR) is 112 cm³/mol. The molecule has 8 heteroatoms. The maximum Gasteiger partial charge on any atom is 0.241 e. The van der Waals surface area contributed by atoms with Crippen molar-refractivity contribution in [2.75, 3.05) is 30.3 Å². The van der Waals surface area contributed by atoms with Crippen molar-refractivity contribution in [3.8, 4) is 11.5 Å². The van der Waals surface area contributed by atoms with Gasteiger partial charge < -0.3 is 14.8 Å². The van der Waals surface area contributed by atoms with E-state index in [9.17, 15) is 13.2 Å². The fourth-order valence-corrected chi connectivity index (χ4v) is 4.24. The minimum atomic E-state index is -3.68. The smallest absolute Gasteiger partial charge is 0.241 e. The van der Waals surface area contributed by atoms with E-state index in [4.69, 9.17) is 9.47 Å². The SMILES string of the molecule is Cc1ccc([C@@H](C)NC(=O)CN(c2ccc3c(c2)OCCO3)S(C)(=O)=O)c(C)c1. The molecule has 2 aromatic carbocycles. The van der Waals surface area contributed by atoms with Crippen LogP contribution in [0.25, 0.3) is 0 Å². The van der Waals surface area contributed by atoms with Gasteiger partial charge in [0.1, 0.15) is 19.8 Å². The number of rotatable bonds is 6. The molecule has 1 aliphatic rings. The number of carbonyl (C=O) groups is 1. The van der Waals surface area contributed by atoms with Crippen molar-refractivity contribution in [2.24, 2.45) is 0 Å². The van der Waals surface area contributed by atoms with Crippen LogP contribution in [-0.4, -0.2) is 40.3 Å². The Bertz CT molecular complexity index is 1020. The molecule has 0 fully saturated rings. The Labute approximate surface area is 171 Å². The number of benzene rings is 2. The van der Waals surface area contributed by atoms with Gasteiger partial charge in [0, 0.05) is 6.07 Å². The highest BCUT2D eigenvalue weighted by Gasteiger charge is 2.24. The lowest BCUT2D eigenvalue weighted by Crippen LogP contribution is -2.41. The number of ether oxygens (including phenoxy) is 2. The molecule has 1 amide bonds. The minimum absolute atomic E-state index is 0.246. The molecule has 3 rings (SSSR count). The van der Waals surface area contributed by atoms with E-state index in [0.717, 1.165) is 27.3 Å². The molecule has 1 aliphatic heterocycles. The van der Waals surface area contributed by atoms with Gasteiger partial charge in [-0.05, 0) is 44.0 Å². The van der Waals surface area contributed by atoms with Crippen LogP contribution in [0.15, 0.2) is 36.4 Å². The summed E-state index contributed by atoms with van der Waals surface area (Å²) in [6, 6.07) is 10.6. The third kappa shape index (κ3) is 5.00. The molecule has 0 aliphatic carbocycles. The maximum absolute atomic E-state index is 12.7. The highest BCUT2D eigenvalue weighted by atomic mass is 32.2. The van der Waals surface area contributed by atoms with Gasteiger partial charge in [0.15, 0.2) is 11.5 Å². The van der Waals surface area contributed by atoms with E-state index in [-0.39, 0.29) is 12.6 Å². The quantitative estimate of drug-likeness (QED) is 0.780. The van der Waals surface area contributed by atoms with Crippen LogP contribution in [0.2, 0.25) is 0 Å². The van der Waals surface area contributed by atoms with Crippen LogP contribution in [0.4, 0.5) is 5.69 Å². The number of carbonyl (C=O) groups excluding carboxylic acids is 1. The normalized spacial score (nSPS) is 14.2. The van der Waals surface area contributed by atoms with Crippen molar-refractivity contribution in [1.82, 2.24) is 5.32 Å². The van der Waals surface area contributed by atoms with Crippen molar-refractivity contribution in [3.05, 3.63) is 53.1 Å². The van der Waals surface area contributed by atoms with Gasteiger partial charge in [0.05, 0.1) is 18.0 Å². The first-order valence-corrected chi connectivity index (χ1v) is 11.2. The largest absolute Gasteiger partial charge is 0.486 e. The second-order valence-electron chi connectivity index (χ2n) is 7.25. The van der Waals surface area contributed by atoms with Crippen molar-refractivity contribution < 1.29 is 22.7 Å². The molecule has 1 atom stereocenters. The first-order valence-electron chi connectivity index (χ1n) is 9.39. The number of nitrogens with zero attached hydrogens (tertiary/aromatic N) is 1. The lowest BCUT2D eigenvalue weighted by atomic mass is 10.0. The number of amides is 1. The molecular formula is C21H26N2O5S. The van der Waals surface area contributed by atoms with E-state index in [1.807, 2.05) is 32.9 Å². The van der Waals surface area contributed by atoms with Crippen molar-refractivity contribution >= 4 is 21.6 Å². The fourth-order valence-electron chi connectivity index (χ4n) is 3.39. The van der Waals surface area contributed by atoms with Crippen molar-refractivity contribution in [3.63, 3.8) is 0 Å². The van der Waals surface area contributed by atoms with Crippen LogP contribution < -0.4 is 19.1 Å². The van der Waals surface area contributed by atoms with Gasteiger partial charge in [0.25, 0.3) is 0 Å². The average Bonchev–Trinajstić information content (AvgIpc) is 2.64. The molecule has 0 bridgehead atoms. The maximum atomic E-state index is 12.7. The van der Waals surface area contributed by atoms with Gasteiger partial charge in [-0.3, -0.25) is 9.10 Å². The monoisotopic (exact) mass is 418 g/mol. The molecule has 0 aromatic heterocycles. The summed E-state index contributed by atoms with van der Waals surface area (Å²) in [5.41, 5.74) is 3.57. The van der Waals surface area contributed by atoms with E-state index >= 15 is 0 Å². The second kappa shape index (κ2) is 8.32. The topological polar surface area (TPSA) is 84.9 Å². The average molecular weight is 419 g/mol. The molecule has 29 heavy (non-hydrogen) atoms. The molecular weight excluding hydrogens is 392 g/mol. The van der Waals surface area contributed by atoms with Crippen molar-refractivity contribution in [1.29, 1.82) is 0 Å². The summed E-state index contributed by atoms with van der Waals surface area (Å²) >= 11 is 0. The van der Waals surface area contributed by atoms with E-state index in [2.05, 4.69) is 11.4 Å². The lowest BCUT2D eigenvalue weighted by Gasteiger charge is -2.25. The highest BCUT2D eigenvalue weighted by Crippen LogP contribution is 2.34. The summed E-state index contributed by atoms with van der Waals surface area (Å²) in [7, 11) is -3.68. The Morgan fingerprint density at radius 3 is 2.45 bits per heavy atom. The molecule has 0 saturated heterocycles. The van der Waals surface area contributed by atoms with Crippen molar-refractivity contribution in [2.45, 2.75) is 26.8 Å². The molecule has 1 N–H and O–H groups in total. The Morgan fingerprint density at radius 2 is 1.79 bits per heavy atom. The van der Waals surface area contributed by atoms with E-state index < -0.39 is 15.9 Å². The van der Waals surface area contributed by atoms with Gasteiger partial charge in [0.2, 0.25) is 15.9 Å². The summed E-state index contributed by atoms with van der Waals surface area (Å²) < 4.78 is 36.8. The molecule has 156 valence electrons. The zero-order chi connectivity index (χ0) is 21.2. The van der Waals surface area contributed by atoms with Gasteiger partial charge in [-0.25, -0.2) is 8.42 Å². The van der Waals surface area contributed by atoms with Gasteiger partial charge in [-0.2, -0.15) is 0 Å². The molecule has 0 spiro atoms. The summed E-state index contributed by atoms with van der Waals surface area (Å²) in [5.74, 6) is 0.630. The summed E-state index contributed by atoms with van der Waals surface area (Å²) in [5, 5.41) is 2.89. The Balaban J connectivity index is 1.78. The number of sulfonamides is 1. The summed E-state index contributed by atoms with van der Waals surface area (Å²) in [6.07, 6.45) is 1.07. The Hall–Kier alpha value is -2.74. The van der Waals surface area contributed by atoms with Gasteiger partial charge in [-0.15, -0.1) is 0 Å². The number of nitrogens with one attached hydrogen (secondary N) is 1. The summed E-state index contributed by atoms with van der Waals surface area (Å²) in [4.78, 5) is 12.7. The first kappa shape index (κ1) is 21.0. The van der Waals surface area contributed by atoms with E-state index in [1.54, 1.807) is 18.2 Å². The van der Waals surface area contributed by atoms with Crippen LogP contribution in [-0.2, 0) is 14.8 Å². The van der Waals surface area contributed by atoms with Gasteiger partial charge >= 0.3 is 0 Å². The zero-order valence-corrected chi connectivity index (χ0v) is 17.9. The fraction of sp³-hybridized carbons (Fsp3) is 0.381. The minimum Gasteiger partial charge on any atom is -0.486 e. The number of hydrogen-bond donors (Lipinski definition) is 1. The van der Waals surface area contributed by atoms with Crippen LogP contribution in [0.1, 0.15) is 29.7 Å². The molecule has 2 aromatic rings. The first-order chi connectivity index (χ1) is 13.6. The van der Waals surface area contributed by atoms with E-state index in [0.29, 0.717) is 30.4 Å². The standard InChI is InChI=1S/C21H26N2O5S/c1-14-5-7-18(15(2)11-14)16(3)22-21(24)13-23(29(4,25)26)17-6-8-19-20(12-17)28-10-9-27-19/h5-8,11-12,16H,9-10,13H2,1-4H3,(H,22,24)/t16-/m1/s1. The van der Waals surface area contributed by atoms with Gasteiger partial charge in [-0.1, -0.05) is 23.8 Å². The second-order valence-corrected chi connectivity index (χ2v) is 9.15. The number of fused-ring (bicyclic) bond motifs is 1. The lowest BCUT2D eigenvalue weighted by molar-refractivity contribution is -0.120. The zero-order valence-electron chi connectivity index (χ0n) is 17.1. The molecule has 0 saturated carbocycles. The van der Waals surface area contributed by atoms with Crippen LogP contribution in [0.3, 0.4) is 0 Å². The Morgan fingerprint density at radius 1 is 1.10 bits per heavy atom. The summed E-state index contributed by atoms with van der Waals surface area (Å²) in [6.45, 7) is 6.39. The van der Waals surface area contributed by atoms with Crippen LogP contribution >= 0.6 is 0 Å². The highest BCUT2D eigenvalue weighted by molar-refractivity contribution is 7.92. The molecule has 0 radical (unpaired) electrons. The predicted octanol–water partition coefficient (Wildman–Crippen LogP) is 2.72. The number of anilines is 1. The van der Waals surface area contributed by atoms with Crippen LogP contribution in [0.5, 0.6) is 11.5 Å².